The molecule has 5 atom stereocenters. The maximum Gasteiger partial charge on any atom is 0.331 e. The highest BCUT2D eigenvalue weighted by Crippen LogP contribution is 2.38. The van der Waals surface area contributed by atoms with E-state index in [0.717, 1.165) is 24.3 Å². The van der Waals surface area contributed by atoms with Gasteiger partial charge in [-0.2, -0.15) is 0 Å². The highest BCUT2D eigenvalue weighted by atomic mass is 16.7. The number of phenolic OH excluding ortho intramolecular Hbond substituents is 5. The number of esters is 2. The SMILES string of the molecule is Cc1cc(C=CC(=O)OCC2O[C@@H](Oc3c(-c4ccc(O)cc4)oc4cc(O)cc(O)c4c3=O)C(O)C(OC(=O)C=Cc3ccc(O)cc3)[C@@H]2O)ccc1O. The Morgan fingerprint density at radius 2 is 1.38 bits per heavy atom. The van der Waals surface area contributed by atoms with Gasteiger partial charge in [0, 0.05) is 29.8 Å². The second-order valence-corrected chi connectivity index (χ2v) is 12.5. The molecule has 7 N–H and O–H groups in total. The quantitative estimate of drug-likeness (QED) is 0.0787. The van der Waals surface area contributed by atoms with E-state index in [-0.39, 0.29) is 34.2 Å². The van der Waals surface area contributed by atoms with Crippen LogP contribution in [0.15, 0.2) is 100 Å². The zero-order valence-electron chi connectivity index (χ0n) is 28.8. The van der Waals surface area contributed by atoms with E-state index in [2.05, 4.69) is 0 Å². The molecule has 2 heterocycles. The maximum absolute atomic E-state index is 13.9. The fraction of sp³-hybridized carbons (Fsp3) is 0.175. The van der Waals surface area contributed by atoms with Crippen molar-refractivity contribution in [3.8, 4) is 45.8 Å². The van der Waals surface area contributed by atoms with Crippen LogP contribution in [0.25, 0.3) is 34.4 Å². The van der Waals surface area contributed by atoms with E-state index in [1.54, 1.807) is 19.1 Å². The molecule has 4 aromatic carbocycles. The van der Waals surface area contributed by atoms with Crippen molar-refractivity contribution in [1.82, 2.24) is 0 Å². The summed E-state index contributed by atoms with van der Waals surface area (Å²) in [5, 5.41) is 72.1. The zero-order chi connectivity index (χ0) is 39.4. The number of ether oxygens (including phenoxy) is 4. The minimum atomic E-state index is -2.00. The van der Waals surface area contributed by atoms with Crippen molar-refractivity contribution in [2.75, 3.05) is 6.61 Å². The topological polar surface area (TPSA) is 243 Å². The molecule has 0 saturated carbocycles. The lowest BCUT2D eigenvalue weighted by Crippen LogP contribution is -2.61. The van der Waals surface area contributed by atoms with Crippen LogP contribution in [0.3, 0.4) is 0 Å². The smallest absolute Gasteiger partial charge is 0.331 e. The van der Waals surface area contributed by atoms with Gasteiger partial charge in [0.25, 0.3) is 0 Å². The summed E-state index contributed by atoms with van der Waals surface area (Å²) in [7, 11) is 0. The standard InChI is InChI=1S/C40H34O15/c1-20-16-22(4-13-27(20)44)6-14-31(46)51-19-30-34(48)38(54-32(47)15-5-21-2-9-24(41)10-3-21)36(50)40(53-30)55-39-35(49)33-28(45)17-26(43)18-29(33)52-37(39)23-7-11-25(42)12-8-23/h2-18,30,34,36,38,40-45,48,50H,19H2,1H3/t30?,34-,36?,38?,40+/m1/s1. The summed E-state index contributed by atoms with van der Waals surface area (Å²) in [6.07, 6.45) is -4.21. The van der Waals surface area contributed by atoms with Crippen LogP contribution in [0, 0.1) is 6.92 Å². The van der Waals surface area contributed by atoms with Gasteiger partial charge in [0.05, 0.1) is 0 Å². The summed E-state index contributed by atoms with van der Waals surface area (Å²) in [6, 6.07) is 17.8. The maximum atomic E-state index is 13.9. The molecular formula is C40H34O15. The predicted molar refractivity (Wildman–Crippen MR) is 194 cm³/mol. The number of rotatable bonds is 10. The summed E-state index contributed by atoms with van der Waals surface area (Å²) >= 11 is 0. The summed E-state index contributed by atoms with van der Waals surface area (Å²) in [5.74, 6) is -3.96. The van der Waals surface area contributed by atoms with Crippen molar-refractivity contribution in [1.29, 1.82) is 0 Å². The second kappa shape index (κ2) is 16.1. The Morgan fingerprint density at radius 1 is 0.745 bits per heavy atom. The molecule has 0 bridgehead atoms. The molecule has 55 heavy (non-hydrogen) atoms. The van der Waals surface area contributed by atoms with Gasteiger partial charge in [-0.15, -0.1) is 0 Å². The Labute approximate surface area is 311 Å². The molecule has 6 rings (SSSR count). The Bertz CT molecular complexity index is 2330. The summed E-state index contributed by atoms with van der Waals surface area (Å²) in [5.41, 5.74) is 0.594. The molecule has 3 unspecified atom stereocenters. The van der Waals surface area contributed by atoms with Gasteiger partial charge in [0.15, 0.2) is 18.0 Å². The molecule has 15 nitrogen and oxygen atoms in total. The Balaban J connectivity index is 1.32. The lowest BCUT2D eigenvalue weighted by Gasteiger charge is -2.41. The number of aliphatic hydroxyl groups is 2. The number of carbonyl (C=O) groups excluding carboxylic acids is 2. The molecule has 1 saturated heterocycles. The van der Waals surface area contributed by atoms with Crippen molar-refractivity contribution in [3.05, 3.63) is 118 Å². The first-order valence-corrected chi connectivity index (χ1v) is 16.6. The number of hydrogen-bond acceptors (Lipinski definition) is 15. The van der Waals surface area contributed by atoms with Gasteiger partial charge in [-0.05, 0) is 84.3 Å². The molecular weight excluding hydrogens is 720 g/mol. The number of carbonyl (C=O) groups is 2. The van der Waals surface area contributed by atoms with E-state index in [1.807, 2.05) is 0 Å². The third kappa shape index (κ3) is 8.71. The molecule has 15 heteroatoms. The molecule has 5 aromatic rings. The van der Waals surface area contributed by atoms with E-state index >= 15 is 0 Å². The normalized spacial score (nSPS) is 19.8. The summed E-state index contributed by atoms with van der Waals surface area (Å²) < 4.78 is 28.4. The number of benzene rings is 4. The average molecular weight is 755 g/mol. The highest BCUT2D eigenvalue weighted by Gasteiger charge is 2.49. The number of phenols is 5. The zero-order valence-corrected chi connectivity index (χ0v) is 28.8. The van der Waals surface area contributed by atoms with Crippen LogP contribution in [0.4, 0.5) is 0 Å². The van der Waals surface area contributed by atoms with E-state index in [9.17, 15) is 50.1 Å². The van der Waals surface area contributed by atoms with Crippen LogP contribution in [0.5, 0.6) is 34.5 Å². The van der Waals surface area contributed by atoms with E-state index < -0.39 is 77.3 Å². The summed E-state index contributed by atoms with van der Waals surface area (Å²) in [4.78, 5) is 39.6. The minimum absolute atomic E-state index is 0.000666. The Kier molecular flexibility index (Phi) is 11.1. The monoisotopic (exact) mass is 754 g/mol. The highest BCUT2D eigenvalue weighted by molar-refractivity contribution is 5.89. The molecule has 0 amide bonds. The fourth-order valence-electron chi connectivity index (χ4n) is 5.65. The Morgan fingerprint density at radius 3 is 2.07 bits per heavy atom. The molecule has 0 spiro atoms. The molecule has 0 radical (unpaired) electrons. The number of aromatic hydroxyl groups is 5. The lowest BCUT2D eigenvalue weighted by molar-refractivity contribution is -0.281. The molecule has 1 aromatic heterocycles. The van der Waals surface area contributed by atoms with Crippen LogP contribution in [0.2, 0.25) is 0 Å². The number of fused-ring (bicyclic) bond motifs is 1. The van der Waals surface area contributed by atoms with Gasteiger partial charge in [-0.3, -0.25) is 4.79 Å². The van der Waals surface area contributed by atoms with Crippen LogP contribution >= 0.6 is 0 Å². The molecule has 1 aliphatic rings. The minimum Gasteiger partial charge on any atom is -0.508 e. The van der Waals surface area contributed by atoms with Gasteiger partial charge in [-0.25, -0.2) is 9.59 Å². The van der Waals surface area contributed by atoms with Gasteiger partial charge < -0.3 is 59.1 Å². The molecule has 284 valence electrons. The number of aryl methyl sites for hydroxylation is 1. The predicted octanol–water partition coefficient (Wildman–Crippen LogP) is 4.00. The van der Waals surface area contributed by atoms with Crippen LogP contribution in [-0.4, -0.2) is 85.0 Å². The first kappa shape index (κ1) is 37.9. The van der Waals surface area contributed by atoms with Crippen LogP contribution < -0.4 is 10.2 Å². The van der Waals surface area contributed by atoms with Gasteiger partial charge in [0.2, 0.25) is 17.5 Å². The van der Waals surface area contributed by atoms with E-state index in [4.69, 9.17) is 23.4 Å². The van der Waals surface area contributed by atoms with Crippen molar-refractivity contribution in [2.45, 2.75) is 37.6 Å². The van der Waals surface area contributed by atoms with Crippen molar-refractivity contribution in [2.24, 2.45) is 0 Å². The largest absolute Gasteiger partial charge is 0.508 e. The van der Waals surface area contributed by atoms with E-state index in [1.165, 1.54) is 66.7 Å². The molecule has 1 aliphatic heterocycles. The first-order chi connectivity index (χ1) is 26.3. The number of aliphatic hydroxyl groups excluding tert-OH is 2. The van der Waals surface area contributed by atoms with Crippen LogP contribution in [-0.2, 0) is 23.8 Å². The number of hydrogen-bond donors (Lipinski definition) is 7. The Hall–Kier alpha value is -6.81. The van der Waals surface area contributed by atoms with Crippen molar-refractivity contribution < 1.29 is 68.7 Å². The third-order valence-corrected chi connectivity index (χ3v) is 8.50. The van der Waals surface area contributed by atoms with Crippen LogP contribution in [0.1, 0.15) is 16.7 Å². The van der Waals surface area contributed by atoms with Crippen molar-refractivity contribution >= 4 is 35.1 Å². The fourth-order valence-corrected chi connectivity index (χ4v) is 5.65. The second-order valence-electron chi connectivity index (χ2n) is 12.5. The van der Waals surface area contributed by atoms with E-state index in [0.29, 0.717) is 16.7 Å². The third-order valence-electron chi connectivity index (χ3n) is 8.50. The van der Waals surface area contributed by atoms with Gasteiger partial charge in [-0.1, -0.05) is 18.2 Å². The van der Waals surface area contributed by atoms with Gasteiger partial charge in [0.1, 0.15) is 58.5 Å². The lowest BCUT2D eigenvalue weighted by atomic mass is 9.98. The average Bonchev–Trinajstić information content (AvgIpc) is 3.15. The van der Waals surface area contributed by atoms with Gasteiger partial charge >= 0.3 is 11.9 Å². The van der Waals surface area contributed by atoms with Crippen molar-refractivity contribution in [3.63, 3.8) is 0 Å². The molecule has 0 aliphatic carbocycles. The summed E-state index contributed by atoms with van der Waals surface area (Å²) in [6.45, 7) is 1.01. The first-order valence-electron chi connectivity index (χ1n) is 16.6. The molecule has 1 fully saturated rings.